The molecular weight excluding hydrogens is 376 g/mol. The number of rotatable bonds is 3. The van der Waals surface area contributed by atoms with Gasteiger partial charge in [-0.25, -0.2) is 0 Å². The van der Waals surface area contributed by atoms with E-state index in [9.17, 15) is 14.7 Å². The van der Waals surface area contributed by atoms with E-state index in [1.54, 1.807) is 0 Å². The fourth-order valence-corrected chi connectivity index (χ4v) is 7.91. The summed E-state index contributed by atoms with van der Waals surface area (Å²) in [6, 6.07) is 0. The van der Waals surface area contributed by atoms with Gasteiger partial charge in [0.15, 0.2) is 0 Å². The number of carboxylic acids is 1. The molecule has 6 bridgehead atoms. The van der Waals surface area contributed by atoms with Crippen LogP contribution in [-0.2, 0) is 28.5 Å². The van der Waals surface area contributed by atoms with Gasteiger partial charge < -0.3 is 24.1 Å². The molecule has 0 aromatic rings. The lowest BCUT2D eigenvalue weighted by atomic mass is 9.57. The summed E-state index contributed by atoms with van der Waals surface area (Å²) in [7, 11) is 0. The summed E-state index contributed by atoms with van der Waals surface area (Å²) in [5.74, 6) is -2.18. The summed E-state index contributed by atoms with van der Waals surface area (Å²) < 4.78 is 24.6. The molecule has 156 valence electrons. The smallest absolute Gasteiger partial charge is 0.312 e. The zero-order chi connectivity index (χ0) is 19.4. The quantitative estimate of drug-likeness (QED) is 0.566. The molecule has 7 aliphatic rings. The first-order valence-corrected chi connectivity index (χ1v) is 11.2. The second-order valence-electron chi connectivity index (χ2n) is 9.98. The molecule has 0 radical (unpaired) electrons. The normalized spacial score (nSPS) is 56.0. The second-order valence-corrected chi connectivity index (χ2v) is 9.98. The van der Waals surface area contributed by atoms with Crippen molar-refractivity contribution in [3.05, 3.63) is 12.2 Å². The van der Waals surface area contributed by atoms with E-state index in [0.29, 0.717) is 11.8 Å². The molecule has 5 saturated heterocycles. The van der Waals surface area contributed by atoms with E-state index in [1.165, 1.54) is 6.42 Å². The van der Waals surface area contributed by atoms with Crippen LogP contribution in [0.5, 0.6) is 0 Å². The van der Waals surface area contributed by atoms with Crippen LogP contribution in [-0.4, -0.2) is 59.8 Å². The van der Waals surface area contributed by atoms with Crippen molar-refractivity contribution in [2.24, 2.45) is 35.5 Å². The lowest BCUT2D eigenvalue weighted by Gasteiger charge is -2.41. The molecule has 1 aliphatic carbocycles. The minimum absolute atomic E-state index is 0.00956. The minimum Gasteiger partial charge on any atom is -0.481 e. The zero-order valence-electron chi connectivity index (χ0n) is 16.1. The van der Waals surface area contributed by atoms with Gasteiger partial charge in [-0.3, -0.25) is 9.59 Å². The molecule has 6 heterocycles. The first kappa shape index (κ1) is 17.3. The van der Waals surface area contributed by atoms with Gasteiger partial charge in [-0.1, -0.05) is 18.6 Å². The first-order chi connectivity index (χ1) is 14.1. The second kappa shape index (κ2) is 5.83. The summed E-state index contributed by atoms with van der Waals surface area (Å²) in [4.78, 5) is 25.3. The number of fused-ring (bicyclic) bond motifs is 16. The highest BCUT2D eigenvalue weighted by atomic mass is 16.6. The monoisotopic (exact) mass is 402 g/mol. The predicted molar refractivity (Wildman–Crippen MR) is 96.7 cm³/mol. The molecule has 1 N–H and O–H groups in total. The molecule has 1 saturated carbocycles. The lowest BCUT2D eigenvalue weighted by molar-refractivity contribution is -0.165. The maximum atomic E-state index is 13.1. The predicted octanol–water partition coefficient (Wildman–Crippen LogP) is 1.54. The third-order valence-electron chi connectivity index (χ3n) is 8.84. The average Bonchev–Trinajstić information content (AvgIpc) is 3.53. The Hall–Kier alpha value is -1.44. The fraction of sp³-hybridized carbons (Fsp3) is 0.818. The van der Waals surface area contributed by atoms with Crippen molar-refractivity contribution in [1.82, 2.24) is 0 Å². The number of aliphatic carboxylic acids is 1. The summed E-state index contributed by atoms with van der Waals surface area (Å²) in [6.45, 7) is 0. The van der Waals surface area contributed by atoms with Crippen LogP contribution in [0.4, 0.5) is 0 Å². The van der Waals surface area contributed by atoms with Gasteiger partial charge in [-0.2, -0.15) is 0 Å². The summed E-state index contributed by atoms with van der Waals surface area (Å²) >= 11 is 0. The van der Waals surface area contributed by atoms with Crippen molar-refractivity contribution in [1.29, 1.82) is 0 Å². The van der Waals surface area contributed by atoms with Crippen molar-refractivity contribution in [3.63, 3.8) is 0 Å². The van der Waals surface area contributed by atoms with E-state index in [-0.39, 0.29) is 48.3 Å². The van der Waals surface area contributed by atoms with E-state index < -0.39 is 30.0 Å². The van der Waals surface area contributed by atoms with Crippen molar-refractivity contribution in [2.75, 3.05) is 0 Å². The molecule has 7 rings (SSSR count). The molecule has 0 amide bonds. The number of carbonyl (C=O) groups is 2. The van der Waals surface area contributed by atoms with Crippen LogP contribution in [0.2, 0.25) is 0 Å². The Balaban J connectivity index is 1.19. The fourth-order valence-electron chi connectivity index (χ4n) is 7.91. The number of esters is 1. The first-order valence-electron chi connectivity index (χ1n) is 11.2. The Morgan fingerprint density at radius 1 is 0.759 bits per heavy atom. The number of hydrogen-bond donors (Lipinski definition) is 1. The molecule has 6 aliphatic heterocycles. The average molecular weight is 402 g/mol. The van der Waals surface area contributed by atoms with Crippen LogP contribution in [0.1, 0.15) is 32.1 Å². The molecule has 12 atom stereocenters. The summed E-state index contributed by atoms with van der Waals surface area (Å²) in [5.41, 5.74) is 0. The van der Waals surface area contributed by atoms with Gasteiger partial charge in [0.25, 0.3) is 0 Å². The highest BCUT2D eigenvalue weighted by Gasteiger charge is 2.77. The third-order valence-corrected chi connectivity index (χ3v) is 8.84. The summed E-state index contributed by atoms with van der Waals surface area (Å²) in [6.07, 6.45) is 8.48. The molecule has 0 aromatic carbocycles. The van der Waals surface area contributed by atoms with Crippen LogP contribution in [0.3, 0.4) is 0 Å². The van der Waals surface area contributed by atoms with Gasteiger partial charge in [0.05, 0.1) is 48.5 Å². The number of carbonyl (C=O) groups excluding carboxylic acids is 1. The van der Waals surface area contributed by atoms with Crippen LogP contribution < -0.4 is 0 Å². The topological polar surface area (TPSA) is 91.3 Å². The Morgan fingerprint density at radius 2 is 1.34 bits per heavy atom. The van der Waals surface area contributed by atoms with Gasteiger partial charge in [-0.15, -0.1) is 0 Å². The third kappa shape index (κ3) is 2.09. The Labute approximate surface area is 168 Å². The van der Waals surface area contributed by atoms with Crippen molar-refractivity contribution in [3.8, 4) is 0 Å². The molecular formula is C22H26O7. The Kier molecular flexibility index (Phi) is 3.47. The van der Waals surface area contributed by atoms with E-state index in [0.717, 1.165) is 25.7 Å². The van der Waals surface area contributed by atoms with Gasteiger partial charge in [0.2, 0.25) is 0 Å². The van der Waals surface area contributed by atoms with E-state index in [1.807, 2.05) is 0 Å². The minimum atomic E-state index is -0.954. The Bertz CT molecular complexity index is 788. The molecule has 6 fully saturated rings. The number of ether oxygens (including phenoxy) is 4. The molecule has 7 nitrogen and oxygen atoms in total. The van der Waals surface area contributed by atoms with Gasteiger partial charge in [0, 0.05) is 23.7 Å². The van der Waals surface area contributed by atoms with E-state index in [2.05, 4.69) is 12.2 Å². The Morgan fingerprint density at radius 3 is 1.97 bits per heavy atom. The van der Waals surface area contributed by atoms with Crippen LogP contribution >= 0.6 is 0 Å². The maximum absolute atomic E-state index is 13.1. The molecule has 12 unspecified atom stereocenters. The highest BCUT2D eigenvalue weighted by Crippen LogP contribution is 2.67. The maximum Gasteiger partial charge on any atom is 0.312 e. The van der Waals surface area contributed by atoms with Gasteiger partial charge >= 0.3 is 11.9 Å². The number of carboxylic acid groups (broad SMARTS) is 1. The van der Waals surface area contributed by atoms with Crippen molar-refractivity contribution in [2.45, 2.75) is 74.8 Å². The van der Waals surface area contributed by atoms with E-state index >= 15 is 0 Å². The van der Waals surface area contributed by atoms with Crippen LogP contribution in [0.15, 0.2) is 12.2 Å². The molecule has 0 aromatic heterocycles. The summed E-state index contributed by atoms with van der Waals surface area (Å²) in [5, 5.41) is 9.98. The van der Waals surface area contributed by atoms with E-state index in [4.69, 9.17) is 18.9 Å². The molecule has 29 heavy (non-hydrogen) atoms. The SMILES string of the molecule is O=C(O)C1C2OC(C1C(=O)OC1CCCCC1)C1C3OC(C4C5C=CC(O5)C34)C21. The molecule has 0 spiro atoms. The lowest BCUT2D eigenvalue weighted by Crippen LogP contribution is -2.55. The molecule has 7 heteroatoms. The van der Waals surface area contributed by atoms with Gasteiger partial charge in [0.1, 0.15) is 6.10 Å². The van der Waals surface area contributed by atoms with Gasteiger partial charge in [-0.05, 0) is 25.7 Å². The van der Waals surface area contributed by atoms with Crippen LogP contribution in [0.25, 0.3) is 0 Å². The van der Waals surface area contributed by atoms with Crippen molar-refractivity contribution >= 4 is 11.9 Å². The van der Waals surface area contributed by atoms with Crippen LogP contribution in [0, 0.1) is 35.5 Å². The van der Waals surface area contributed by atoms with Crippen molar-refractivity contribution < 1.29 is 33.6 Å². The zero-order valence-corrected chi connectivity index (χ0v) is 16.1. The largest absolute Gasteiger partial charge is 0.481 e. The highest BCUT2D eigenvalue weighted by molar-refractivity contribution is 5.83. The standard InChI is InChI=1S/C22H26O7/c23-21(24)15-16(22(25)26-8-4-2-1-3-5-8)20-14-13(19(15)29-20)17-11-9-6-7-10(27-9)12(11)18(14)28-17/h6-20H,1-5H2,(H,23,24). The number of hydrogen-bond acceptors (Lipinski definition) is 6.